The number of para-hydroxylation sites is 1. The Balaban J connectivity index is 2.02. The fourth-order valence-corrected chi connectivity index (χ4v) is 2.52. The maximum absolute atomic E-state index is 12.4. The largest absolute Gasteiger partial charge is 0.369 e. The molecule has 1 unspecified atom stereocenters. The zero-order chi connectivity index (χ0) is 13.1. The number of ketones is 1. The molecule has 1 aliphatic rings. The molecule has 2 aromatic rings. The van der Waals surface area contributed by atoms with Crippen molar-refractivity contribution in [3.05, 3.63) is 78.4 Å². The van der Waals surface area contributed by atoms with Gasteiger partial charge in [0.15, 0.2) is 5.78 Å². The topological polar surface area (TPSA) is 29.1 Å². The highest BCUT2D eigenvalue weighted by molar-refractivity contribution is 6.03. The second-order valence-corrected chi connectivity index (χ2v) is 4.73. The van der Waals surface area contributed by atoms with Gasteiger partial charge in [0.05, 0.1) is 0 Å². The van der Waals surface area contributed by atoms with E-state index in [1.165, 1.54) is 0 Å². The fraction of sp³-hybridized carbons (Fsp3) is 0.118. The van der Waals surface area contributed by atoms with E-state index in [1.54, 1.807) is 6.08 Å². The number of carbonyl (C=O) groups excluding carboxylic acids is 1. The van der Waals surface area contributed by atoms with Crippen LogP contribution in [-0.4, -0.2) is 5.78 Å². The van der Waals surface area contributed by atoms with Gasteiger partial charge in [0.25, 0.3) is 0 Å². The van der Waals surface area contributed by atoms with Crippen molar-refractivity contribution in [1.82, 2.24) is 0 Å². The van der Waals surface area contributed by atoms with Crippen molar-refractivity contribution >= 4 is 11.5 Å². The lowest BCUT2D eigenvalue weighted by Crippen LogP contribution is -2.39. The zero-order valence-electron chi connectivity index (χ0n) is 10.5. The van der Waals surface area contributed by atoms with Gasteiger partial charge in [-0.25, -0.2) is 0 Å². The van der Waals surface area contributed by atoms with Crippen molar-refractivity contribution in [2.75, 3.05) is 5.32 Å². The Bertz CT molecular complexity index is 604. The van der Waals surface area contributed by atoms with Gasteiger partial charge in [-0.2, -0.15) is 0 Å². The van der Waals surface area contributed by atoms with Crippen LogP contribution in [-0.2, 0) is 10.3 Å². The van der Waals surface area contributed by atoms with Gasteiger partial charge in [0.2, 0.25) is 0 Å². The van der Waals surface area contributed by atoms with Crippen LogP contribution in [0.3, 0.4) is 0 Å². The molecule has 0 radical (unpaired) electrons. The summed E-state index contributed by atoms with van der Waals surface area (Å²) in [6.45, 7) is 0. The van der Waals surface area contributed by atoms with Crippen LogP contribution in [0.25, 0.3) is 0 Å². The van der Waals surface area contributed by atoms with Gasteiger partial charge >= 0.3 is 0 Å². The van der Waals surface area contributed by atoms with Gasteiger partial charge in [0.1, 0.15) is 5.54 Å². The number of hydrogen-bond donors (Lipinski definition) is 1. The third kappa shape index (κ3) is 2.06. The van der Waals surface area contributed by atoms with E-state index in [-0.39, 0.29) is 5.78 Å². The summed E-state index contributed by atoms with van der Waals surface area (Å²) in [6.07, 6.45) is 4.29. The maximum atomic E-state index is 12.4. The lowest BCUT2D eigenvalue weighted by atomic mass is 9.86. The molecule has 3 rings (SSSR count). The molecule has 2 aromatic carbocycles. The van der Waals surface area contributed by atoms with Crippen LogP contribution in [0.4, 0.5) is 5.69 Å². The Morgan fingerprint density at radius 1 is 0.895 bits per heavy atom. The third-order valence-corrected chi connectivity index (χ3v) is 3.51. The minimum absolute atomic E-state index is 0.113. The van der Waals surface area contributed by atoms with Crippen molar-refractivity contribution in [3.63, 3.8) is 0 Å². The SMILES string of the molecule is O=C1C=CCC1(Nc1ccccc1)c1ccccc1. The summed E-state index contributed by atoms with van der Waals surface area (Å²) in [5.41, 5.74) is 1.32. The quantitative estimate of drug-likeness (QED) is 0.901. The normalized spacial score (nSPS) is 21.6. The Hall–Kier alpha value is -2.35. The minimum Gasteiger partial charge on any atom is -0.369 e. The first kappa shape index (κ1) is 11.7. The van der Waals surface area contributed by atoms with E-state index in [2.05, 4.69) is 5.32 Å². The molecule has 2 nitrogen and oxygen atoms in total. The van der Waals surface area contributed by atoms with Crippen LogP contribution in [0.1, 0.15) is 12.0 Å². The molecular formula is C17H15NO. The highest BCUT2D eigenvalue weighted by Crippen LogP contribution is 2.35. The molecule has 0 aliphatic heterocycles. The number of nitrogens with one attached hydrogen (secondary N) is 1. The third-order valence-electron chi connectivity index (χ3n) is 3.51. The summed E-state index contributed by atoms with van der Waals surface area (Å²) >= 11 is 0. The molecule has 0 aromatic heterocycles. The van der Waals surface area contributed by atoms with Crippen LogP contribution < -0.4 is 5.32 Å². The molecule has 0 saturated heterocycles. The molecule has 0 saturated carbocycles. The van der Waals surface area contributed by atoms with Crippen molar-refractivity contribution in [2.45, 2.75) is 12.0 Å². The summed E-state index contributed by atoms with van der Waals surface area (Å²) in [5, 5.41) is 3.41. The molecule has 0 spiro atoms. The molecule has 0 amide bonds. The van der Waals surface area contributed by atoms with E-state index in [1.807, 2.05) is 66.7 Å². The lowest BCUT2D eigenvalue weighted by Gasteiger charge is -2.30. The molecule has 0 bridgehead atoms. The molecule has 2 heteroatoms. The molecule has 1 N–H and O–H groups in total. The Morgan fingerprint density at radius 3 is 2.11 bits per heavy atom. The van der Waals surface area contributed by atoms with E-state index in [9.17, 15) is 4.79 Å². The number of carbonyl (C=O) groups is 1. The number of rotatable bonds is 3. The summed E-state index contributed by atoms with van der Waals surface area (Å²) in [4.78, 5) is 12.4. The van der Waals surface area contributed by atoms with Gasteiger partial charge in [-0.15, -0.1) is 0 Å². The van der Waals surface area contributed by atoms with Crippen LogP contribution in [0.2, 0.25) is 0 Å². The van der Waals surface area contributed by atoms with Gasteiger partial charge in [0, 0.05) is 12.1 Å². The number of hydrogen-bond acceptors (Lipinski definition) is 2. The van der Waals surface area contributed by atoms with Crippen LogP contribution in [0.15, 0.2) is 72.8 Å². The highest BCUT2D eigenvalue weighted by atomic mass is 16.1. The fourth-order valence-electron chi connectivity index (χ4n) is 2.52. The summed E-state index contributed by atoms with van der Waals surface area (Å²) in [5.74, 6) is 0.113. The molecule has 1 aliphatic carbocycles. The lowest BCUT2D eigenvalue weighted by molar-refractivity contribution is -0.118. The van der Waals surface area contributed by atoms with E-state index < -0.39 is 5.54 Å². The zero-order valence-corrected chi connectivity index (χ0v) is 10.5. The highest BCUT2D eigenvalue weighted by Gasteiger charge is 2.40. The second kappa shape index (κ2) is 4.73. The summed E-state index contributed by atoms with van der Waals surface area (Å²) in [6, 6.07) is 19.8. The summed E-state index contributed by atoms with van der Waals surface area (Å²) < 4.78 is 0. The molecule has 0 fully saturated rings. The molecule has 94 valence electrons. The van der Waals surface area contributed by atoms with Crippen molar-refractivity contribution in [3.8, 4) is 0 Å². The maximum Gasteiger partial charge on any atom is 0.185 e. The van der Waals surface area contributed by atoms with Crippen molar-refractivity contribution < 1.29 is 4.79 Å². The van der Waals surface area contributed by atoms with Gasteiger partial charge in [-0.1, -0.05) is 54.6 Å². The predicted molar refractivity (Wildman–Crippen MR) is 76.9 cm³/mol. The van der Waals surface area contributed by atoms with Crippen LogP contribution in [0.5, 0.6) is 0 Å². The van der Waals surface area contributed by atoms with Gasteiger partial charge < -0.3 is 5.32 Å². The van der Waals surface area contributed by atoms with Crippen LogP contribution in [0, 0.1) is 0 Å². The average molecular weight is 249 g/mol. The average Bonchev–Trinajstić information content (AvgIpc) is 2.83. The van der Waals surface area contributed by atoms with Gasteiger partial charge in [-0.05, 0) is 23.8 Å². The summed E-state index contributed by atoms with van der Waals surface area (Å²) in [7, 11) is 0. The van der Waals surface area contributed by atoms with Gasteiger partial charge in [-0.3, -0.25) is 4.79 Å². The smallest absolute Gasteiger partial charge is 0.185 e. The standard InChI is InChI=1S/C17H15NO/c19-16-12-7-13-17(16,14-8-3-1-4-9-14)18-15-10-5-2-6-11-15/h1-12,18H,13H2. The first-order chi connectivity index (χ1) is 9.31. The molecule has 1 atom stereocenters. The van der Waals surface area contributed by atoms with E-state index >= 15 is 0 Å². The predicted octanol–water partition coefficient (Wildman–Crippen LogP) is 3.52. The Kier molecular flexibility index (Phi) is 2.92. The molecule has 0 heterocycles. The Labute approximate surface area is 112 Å². The molecule has 19 heavy (non-hydrogen) atoms. The molecular weight excluding hydrogens is 234 g/mol. The van der Waals surface area contributed by atoms with Crippen LogP contribution >= 0.6 is 0 Å². The second-order valence-electron chi connectivity index (χ2n) is 4.73. The van der Waals surface area contributed by atoms with Crippen molar-refractivity contribution in [1.29, 1.82) is 0 Å². The van der Waals surface area contributed by atoms with E-state index in [4.69, 9.17) is 0 Å². The first-order valence-corrected chi connectivity index (χ1v) is 6.41. The first-order valence-electron chi connectivity index (χ1n) is 6.41. The number of benzene rings is 2. The Morgan fingerprint density at radius 2 is 1.53 bits per heavy atom. The van der Waals surface area contributed by atoms with E-state index in [0.717, 1.165) is 11.3 Å². The van der Waals surface area contributed by atoms with Crippen molar-refractivity contribution in [2.24, 2.45) is 0 Å². The van der Waals surface area contributed by atoms with E-state index in [0.29, 0.717) is 6.42 Å². The monoisotopic (exact) mass is 249 g/mol. The minimum atomic E-state index is -0.650. The number of anilines is 1.